The Labute approximate surface area is 148 Å². The van der Waals surface area contributed by atoms with Crippen LogP contribution in [0.25, 0.3) is 28.1 Å². The summed E-state index contributed by atoms with van der Waals surface area (Å²) in [5.41, 5.74) is 4.41. The zero-order valence-electron chi connectivity index (χ0n) is 12.8. The van der Waals surface area contributed by atoms with Gasteiger partial charge in [0.25, 0.3) is 5.56 Å². The molecule has 0 saturated carbocycles. The lowest BCUT2D eigenvalue weighted by Crippen LogP contribution is -2.14. The van der Waals surface area contributed by atoms with E-state index in [-0.39, 0.29) is 5.56 Å². The molecule has 2 aromatic rings. The largest absolute Gasteiger partial charge is 0.276 e. The zero-order valence-corrected chi connectivity index (χ0v) is 14.4. The highest BCUT2D eigenvalue weighted by molar-refractivity contribution is 9.10. The first-order chi connectivity index (χ1) is 11.8. The topological polar surface area (TPSA) is 22.0 Å². The Bertz CT molecular complexity index is 1020. The Hall–Kier alpha value is -2.65. The average molecular weight is 376 g/mol. The summed E-state index contributed by atoms with van der Waals surface area (Å²) in [6.45, 7) is 0. The van der Waals surface area contributed by atoms with Crippen LogP contribution in [0, 0.1) is 0 Å². The van der Waals surface area contributed by atoms with Crippen molar-refractivity contribution < 1.29 is 0 Å². The molecule has 24 heavy (non-hydrogen) atoms. The molecule has 0 spiro atoms. The molecule has 1 aliphatic heterocycles. The fraction of sp³-hybridized carbons (Fsp3) is 0. The maximum absolute atomic E-state index is 13.2. The average Bonchev–Trinajstić information content (AvgIpc) is 2.75. The van der Waals surface area contributed by atoms with Crippen LogP contribution in [-0.2, 0) is 0 Å². The first-order valence-electron chi connectivity index (χ1n) is 7.71. The molecule has 116 valence electrons. The summed E-state index contributed by atoms with van der Waals surface area (Å²) in [5.74, 6) is 0. The second kappa shape index (κ2) is 6.10. The van der Waals surface area contributed by atoms with E-state index in [1.807, 2.05) is 84.9 Å². The van der Waals surface area contributed by atoms with Crippen LogP contribution in [0.4, 0.5) is 0 Å². The van der Waals surface area contributed by atoms with Crippen molar-refractivity contribution in [1.29, 1.82) is 0 Å². The molecule has 0 bridgehead atoms. The third kappa shape index (κ3) is 2.47. The van der Waals surface area contributed by atoms with Crippen molar-refractivity contribution in [2.75, 3.05) is 0 Å². The standard InChI is InChI=1S/C21H14BrNO/c22-16-11-13-17(14-12-16)23-19-10-6-2-5-9-18(19)20(21(23)24)15-7-3-1-4-8-15/h1-14H. The Morgan fingerprint density at radius 2 is 1.33 bits per heavy atom. The molecule has 2 aromatic carbocycles. The van der Waals surface area contributed by atoms with Crippen LogP contribution in [0.2, 0.25) is 0 Å². The summed E-state index contributed by atoms with van der Waals surface area (Å²) in [5, 5.41) is 0. The monoisotopic (exact) mass is 375 g/mol. The van der Waals surface area contributed by atoms with Crippen LogP contribution in [0.5, 0.6) is 0 Å². The Balaban J connectivity index is 2.07. The molecule has 3 heteroatoms. The number of aromatic nitrogens is 1. The SMILES string of the molecule is O=c1c(-c2ccccc2)c2cccccc-2n1-c1ccc(Br)cc1. The van der Waals surface area contributed by atoms with Gasteiger partial charge in [-0.15, -0.1) is 0 Å². The summed E-state index contributed by atoms with van der Waals surface area (Å²) >= 11 is 3.45. The van der Waals surface area contributed by atoms with E-state index < -0.39 is 0 Å². The minimum Gasteiger partial charge on any atom is -0.276 e. The molecule has 0 N–H and O–H groups in total. The lowest BCUT2D eigenvalue weighted by molar-refractivity contribution is 1.04. The van der Waals surface area contributed by atoms with Gasteiger partial charge in [-0.05, 0) is 35.9 Å². The Kier molecular flexibility index (Phi) is 3.79. The van der Waals surface area contributed by atoms with E-state index in [1.54, 1.807) is 4.57 Å². The van der Waals surface area contributed by atoms with Crippen LogP contribution < -0.4 is 5.56 Å². The molecule has 4 rings (SSSR count). The van der Waals surface area contributed by atoms with Gasteiger partial charge in [-0.3, -0.25) is 9.36 Å². The van der Waals surface area contributed by atoms with Crippen molar-refractivity contribution in [3.8, 4) is 28.1 Å². The summed E-state index contributed by atoms with van der Waals surface area (Å²) < 4.78 is 2.77. The molecule has 0 unspecified atom stereocenters. The van der Waals surface area contributed by atoms with Gasteiger partial charge in [0, 0.05) is 15.7 Å². The molecule has 0 atom stereocenters. The van der Waals surface area contributed by atoms with Crippen LogP contribution in [0.3, 0.4) is 0 Å². The molecule has 2 aliphatic rings. The maximum Gasteiger partial charge on any atom is 0.264 e. The van der Waals surface area contributed by atoms with Crippen molar-refractivity contribution in [2.24, 2.45) is 0 Å². The molecule has 0 radical (unpaired) electrons. The number of hydrogen-bond donors (Lipinski definition) is 0. The minimum atomic E-state index is 0.00437. The highest BCUT2D eigenvalue weighted by Gasteiger charge is 2.21. The predicted octanol–water partition coefficient (Wildman–Crippen LogP) is 5.37. The van der Waals surface area contributed by atoms with Gasteiger partial charge in [0.15, 0.2) is 0 Å². The molecule has 2 nitrogen and oxygen atoms in total. The molecule has 0 fully saturated rings. The van der Waals surface area contributed by atoms with Gasteiger partial charge in [-0.2, -0.15) is 0 Å². The van der Waals surface area contributed by atoms with Crippen molar-refractivity contribution in [3.63, 3.8) is 0 Å². The van der Waals surface area contributed by atoms with Gasteiger partial charge in [0.1, 0.15) is 0 Å². The number of nitrogens with zero attached hydrogens (tertiary/aromatic N) is 1. The third-order valence-corrected chi connectivity index (χ3v) is 4.62. The van der Waals surface area contributed by atoms with E-state index in [4.69, 9.17) is 0 Å². The predicted molar refractivity (Wildman–Crippen MR) is 102 cm³/mol. The van der Waals surface area contributed by atoms with Crippen molar-refractivity contribution in [1.82, 2.24) is 4.57 Å². The van der Waals surface area contributed by atoms with Crippen molar-refractivity contribution in [3.05, 3.63) is 99.8 Å². The number of hydrogen-bond acceptors (Lipinski definition) is 1. The van der Waals surface area contributed by atoms with Crippen molar-refractivity contribution in [2.45, 2.75) is 0 Å². The number of fused-ring (bicyclic) bond motifs is 1. The Morgan fingerprint density at radius 1 is 0.708 bits per heavy atom. The summed E-state index contributed by atoms with van der Waals surface area (Å²) in [6.07, 6.45) is 0. The highest BCUT2D eigenvalue weighted by Crippen LogP contribution is 2.33. The first-order valence-corrected chi connectivity index (χ1v) is 8.50. The fourth-order valence-corrected chi connectivity index (χ4v) is 3.28. The fourth-order valence-electron chi connectivity index (χ4n) is 3.01. The van der Waals surface area contributed by atoms with Gasteiger partial charge in [0.05, 0.1) is 11.3 Å². The summed E-state index contributed by atoms with van der Waals surface area (Å²) in [7, 11) is 0. The zero-order chi connectivity index (χ0) is 16.5. The maximum atomic E-state index is 13.2. The number of benzene rings is 2. The highest BCUT2D eigenvalue weighted by atomic mass is 79.9. The van der Waals surface area contributed by atoms with E-state index in [0.717, 1.165) is 32.5 Å². The van der Waals surface area contributed by atoms with Gasteiger partial charge < -0.3 is 0 Å². The Morgan fingerprint density at radius 3 is 2.04 bits per heavy atom. The molecular formula is C21H14BrNO. The van der Waals surface area contributed by atoms with E-state index in [9.17, 15) is 4.79 Å². The van der Waals surface area contributed by atoms with Gasteiger partial charge >= 0.3 is 0 Å². The molecule has 0 amide bonds. The minimum absolute atomic E-state index is 0.00437. The van der Waals surface area contributed by atoms with Crippen molar-refractivity contribution >= 4 is 15.9 Å². The van der Waals surface area contributed by atoms with Crippen LogP contribution in [0.1, 0.15) is 0 Å². The molecule has 0 aromatic heterocycles. The van der Waals surface area contributed by atoms with Gasteiger partial charge in [0.2, 0.25) is 0 Å². The number of halogens is 1. The van der Waals surface area contributed by atoms with E-state index in [1.165, 1.54) is 0 Å². The van der Waals surface area contributed by atoms with Crippen LogP contribution >= 0.6 is 15.9 Å². The van der Waals surface area contributed by atoms with Crippen LogP contribution in [-0.4, -0.2) is 4.57 Å². The normalized spacial score (nSPS) is 10.9. The van der Waals surface area contributed by atoms with Crippen LogP contribution in [0.15, 0.2) is 94.2 Å². The van der Waals surface area contributed by atoms with E-state index >= 15 is 0 Å². The lowest BCUT2D eigenvalue weighted by atomic mass is 10.0. The summed E-state index contributed by atoms with van der Waals surface area (Å²) in [6, 6.07) is 27.6. The quantitative estimate of drug-likeness (QED) is 0.461. The van der Waals surface area contributed by atoms with E-state index in [0.29, 0.717) is 0 Å². The van der Waals surface area contributed by atoms with Gasteiger partial charge in [-0.25, -0.2) is 0 Å². The third-order valence-electron chi connectivity index (χ3n) is 4.09. The number of rotatable bonds is 2. The summed E-state index contributed by atoms with van der Waals surface area (Å²) in [4.78, 5) is 13.2. The lowest BCUT2D eigenvalue weighted by Gasteiger charge is -2.05. The van der Waals surface area contributed by atoms with E-state index in [2.05, 4.69) is 15.9 Å². The second-order valence-electron chi connectivity index (χ2n) is 5.57. The molecule has 0 saturated heterocycles. The first kappa shape index (κ1) is 14.9. The smallest absolute Gasteiger partial charge is 0.264 e. The molecule has 1 aliphatic carbocycles. The molecule has 1 heterocycles. The second-order valence-corrected chi connectivity index (χ2v) is 6.48. The van der Waals surface area contributed by atoms with Gasteiger partial charge in [-0.1, -0.05) is 70.5 Å². The molecular weight excluding hydrogens is 362 g/mol.